The number of hydrogen-bond acceptors (Lipinski definition) is 4. The molecule has 1 heterocycles. The van der Waals surface area contributed by atoms with Gasteiger partial charge in [-0.05, 0) is 18.2 Å². The van der Waals surface area contributed by atoms with Crippen LogP contribution in [-0.4, -0.2) is 23.6 Å². The normalized spacial score (nSPS) is 11.6. The standard InChI is InChI=1S/C14H12F3N3OS/c15-14(16,17)9-19-10-3-1-2-4-11(10)20-12(21)5-6-13-18-7-8-22-13/h1-8,19H,9H2,(H,20,21)/b6-5-. The zero-order chi connectivity index (χ0) is 16.0. The van der Waals surface area contributed by atoms with Gasteiger partial charge in [-0.1, -0.05) is 12.1 Å². The first kappa shape index (κ1) is 16.0. The predicted octanol–water partition coefficient (Wildman–Crippen LogP) is 3.77. The van der Waals surface area contributed by atoms with Crippen LogP contribution in [0, 0.1) is 0 Å². The van der Waals surface area contributed by atoms with Crippen molar-refractivity contribution in [3.05, 3.63) is 46.9 Å². The van der Waals surface area contributed by atoms with Crippen LogP contribution in [0.4, 0.5) is 24.5 Å². The Kier molecular flexibility index (Phi) is 5.16. The number of anilines is 2. The number of thiazole rings is 1. The van der Waals surface area contributed by atoms with Crippen molar-refractivity contribution < 1.29 is 18.0 Å². The topological polar surface area (TPSA) is 54.0 Å². The third-order valence-corrected chi connectivity index (χ3v) is 3.23. The second-order valence-electron chi connectivity index (χ2n) is 4.21. The van der Waals surface area contributed by atoms with E-state index in [1.807, 2.05) is 0 Å². The fraction of sp³-hybridized carbons (Fsp3) is 0.143. The summed E-state index contributed by atoms with van der Waals surface area (Å²) >= 11 is 1.37. The SMILES string of the molecule is O=C(/C=C\c1nccs1)Nc1ccccc1NCC(F)(F)F. The first-order valence-corrected chi connectivity index (χ1v) is 7.10. The highest BCUT2D eigenvalue weighted by Crippen LogP contribution is 2.23. The summed E-state index contributed by atoms with van der Waals surface area (Å²) in [6.07, 6.45) is 0.0889. The van der Waals surface area contributed by atoms with Gasteiger partial charge in [0, 0.05) is 17.7 Å². The van der Waals surface area contributed by atoms with Crippen molar-refractivity contribution >= 4 is 34.7 Å². The Morgan fingerprint density at radius 1 is 1.27 bits per heavy atom. The van der Waals surface area contributed by atoms with E-state index in [1.54, 1.807) is 23.7 Å². The highest BCUT2D eigenvalue weighted by Gasteiger charge is 2.26. The van der Waals surface area contributed by atoms with Crippen molar-refractivity contribution in [2.45, 2.75) is 6.18 Å². The number of benzene rings is 1. The van der Waals surface area contributed by atoms with Gasteiger partial charge < -0.3 is 10.6 Å². The molecule has 0 radical (unpaired) electrons. The van der Waals surface area contributed by atoms with Crippen LogP contribution in [0.25, 0.3) is 6.08 Å². The van der Waals surface area contributed by atoms with Crippen LogP contribution >= 0.6 is 11.3 Å². The Morgan fingerprint density at radius 3 is 2.64 bits per heavy atom. The molecule has 0 aliphatic rings. The minimum Gasteiger partial charge on any atom is -0.375 e. The molecule has 2 aromatic rings. The van der Waals surface area contributed by atoms with Crippen LogP contribution in [0.3, 0.4) is 0 Å². The van der Waals surface area contributed by atoms with Crippen molar-refractivity contribution in [2.75, 3.05) is 17.2 Å². The summed E-state index contributed by atoms with van der Waals surface area (Å²) in [6, 6.07) is 6.19. The summed E-state index contributed by atoms with van der Waals surface area (Å²) in [6.45, 7) is -1.17. The molecule has 22 heavy (non-hydrogen) atoms. The monoisotopic (exact) mass is 327 g/mol. The second kappa shape index (κ2) is 7.08. The zero-order valence-electron chi connectivity index (χ0n) is 11.2. The number of para-hydroxylation sites is 2. The molecule has 1 amide bonds. The van der Waals surface area contributed by atoms with Gasteiger partial charge in [-0.15, -0.1) is 11.3 Å². The molecule has 4 nitrogen and oxygen atoms in total. The summed E-state index contributed by atoms with van der Waals surface area (Å²) in [5.41, 5.74) is 0.483. The van der Waals surface area contributed by atoms with E-state index in [2.05, 4.69) is 15.6 Å². The van der Waals surface area contributed by atoms with Crippen molar-refractivity contribution in [2.24, 2.45) is 0 Å². The van der Waals surface area contributed by atoms with E-state index < -0.39 is 18.6 Å². The highest BCUT2D eigenvalue weighted by molar-refractivity contribution is 7.10. The summed E-state index contributed by atoms with van der Waals surface area (Å²) in [5.74, 6) is -0.448. The van der Waals surface area contributed by atoms with Crippen molar-refractivity contribution in [3.63, 3.8) is 0 Å². The Balaban J connectivity index is 2.01. The number of nitrogens with one attached hydrogen (secondary N) is 2. The van der Waals surface area contributed by atoms with Gasteiger partial charge in [-0.25, -0.2) is 4.98 Å². The van der Waals surface area contributed by atoms with Crippen molar-refractivity contribution in [3.8, 4) is 0 Å². The third kappa shape index (κ3) is 5.21. The molecule has 0 spiro atoms. The number of carbonyl (C=O) groups excluding carboxylic acids is 1. The number of aromatic nitrogens is 1. The number of rotatable bonds is 5. The molecule has 0 aliphatic heterocycles. The molecule has 0 aliphatic carbocycles. The summed E-state index contributed by atoms with van der Waals surface area (Å²) in [5, 5.41) is 7.22. The number of carbonyl (C=O) groups is 1. The van der Waals surface area contributed by atoms with Crippen LogP contribution in [0.15, 0.2) is 41.9 Å². The molecular weight excluding hydrogens is 315 g/mol. The molecule has 0 fully saturated rings. The Hall–Kier alpha value is -2.35. The van der Waals surface area contributed by atoms with E-state index in [9.17, 15) is 18.0 Å². The minimum atomic E-state index is -4.33. The molecule has 1 aromatic carbocycles. The van der Waals surface area contributed by atoms with Gasteiger partial charge in [-0.3, -0.25) is 4.79 Å². The molecule has 0 unspecified atom stereocenters. The zero-order valence-corrected chi connectivity index (χ0v) is 12.0. The molecule has 116 valence electrons. The fourth-order valence-electron chi connectivity index (χ4n) is 1.58. The molecule has 0 saturated heterocycles. The van der Waals surface area contributed by atoms with Crippen LogP contribution < -0.4 is 10.6 Å². The quantitative estimate of drug-likeness (QED) is 0.822. The van der Waals surface area contributed by atoms with Crippen LogP contribution in [0.1, 0.15) is 5.01 Å². The van der Waals surface area contributed by atoms with E-state index in [0.717, 1.165) is 0 Å². The van der Waals surface area contributed by atoms with Gasteiger partial charge >= 0.3 is 6.18 Å². The highest BCUT2D eigenvalue weighted by atomic mass is 32.1. The van der Waals surface area contributed by atoms with E-state index in [0.29, 0.717) is 5.01 Å². The largest absolute Gasteiger partial charge is 0.405 e. The summed E-state index contributed by atoms with van der Waals surface area (Å²) < 4.78 is 36.7. The number of alkyl halides is 3. The lowest BCUT2D eigenvalue weighted by atomic mass is 10.2. The molecule has 2 N–H and O–H groups in total. The Labute approximate surface area is 128 Å². The van der Waals surface area contributed by atoms with Gasteiger partial charge in [0.1, 0.15) is 11.6 Å². The van der Waals surface area contributed by atoms with Gasteiger partial charge in [0.25, 0.3) is 0 Å². The van der Waals surface area contributed by atoms with Gasteiger partial charge in [0.2, 0.25) is 5.91 Å². The van der Waals surface area contributed by atoms with Crippen LogP contribution in [0.2, 0.25) is 0 Å². The smallest absolute Gasteiger partial charge is 0.375 e. The summed E-state index contributed by atoms with van der Waals surface area (Å²) in [4.78, 5) is 15.8. The van der Waals surface area contributed by atoms with Gasteiger partial charge in [-0.2, -0.15) is 13.2 Å². The number of amides is 1. The maximum absolute atomic E-state index is 12.2. The summed E-state index contributed by atoms with van der Waals surface area (Å²) in [7, 11) is 0. The van der Waals surface area contributed by atoms with E-state index in [-0.39, 0.29) is 11.4 Å². The van der Waals surface area contributed by atoms with Crippen LogP contribution in [-0.2, 0) is 4.79 Å². The fourth-order valence-corrected chi connectivity index (χ4v) is 2.11. The van der Waals surface area contributed by atoms with Crippen molar-refractivity contribution in [1.29, 1.82) is 0 Å². The molecular formula is C14H12F3N3OS. The third-order valence-electron chi connectivity index (χ3n) is 2.49. The maximum Gasteiger partial charge on any atom is 0.405 e. The molecule has 0 bridgehead atoms. The molecule has 8 heteroatoms. The lowest BCUT2D eigenvalue weighted by Crippen LogP contribution is -2.22. The number of halogens is 3. The molecule has 1 aromatic heterocycles. The first-order chi connectivity index (χ1) is 10.4. The lowest BCUT2D eigenvalue weighted by molar-refractivity contribution is -0.115. The molecule has 0 atom stereocenters. The molecule has 2 rings (SSSR count). The number of hydrogen-bond donors (Lipinski definition) is 2. The predicted molar refractivity (Wildman–Crippen MR) is 80.8 cm³/mol. The van der Waals surface area contributed by atoms with E-state index >= 15 is 0 Å². The van der Waals surface area contributed by atoms with Gasteiger partial charge in [0.15, 0.2) is 0 Å². The van der Waals surface area contributed by atoms with Crippen molar-refractivity contribution in [1.82, 2.24) is 4.98 Å². The van der Waals surface area contributed by atoms with E-state index in [4.69, 9.17) is 0 Å². The van der Waals surface area contributed by atoms with Crippen LogP contribution in [0.5, 0.6) is 0 Å². The average molecular weight is 327 g/mol. The van der Waals surface area contributed by atoms with E-state index in [1.165, 1.54) is 35.6 Å². The number of nitrogens with zero attached hydrogens (tertiary/aromatic N) is 1. The van der Waals surface area contributed by atoms with Gasteiger partial charge in [0.05, 0.1) is 11.4 Å². The minimum absolute atomic E-state index is 0.204. The average Bonchev–Trinajstić information content (AvgIpc) is 2.97. The lowest BCUT2D eigenvalue weighted by Gasteiger charge is -2.13. The maximum atomic E-state index is 12.2. The second-order valence-corrected chi connectivity index (χ2v) is 5.13. The first-order valence-electron chi connectivity index (χ1n) is 6.22. The Morgan fingerprint density at radius 2 is 2.00 bits per heavy atom. The molecule has 0 saturated carbocycles. The Bertz CT molecular complexity index is 654.